The van der Waals surface area contributed by atoms with Crippen molar-refractivity contribution in [1.82, 2.24) is 4.72 Å². The third-order valence-electron chi connectivity index (χ3n) is 6.77. The van der Waals surface area contributed by atoms with E-state index in [0.717, 1.165) is 37.9 Å². The maximum absolute atomic E-state index is 13.0. The molecule has 3 aliphatic rings. The smallest absolute Gasteiger partial charge is 0.240 e. The van der Waals surface area contributed by atoms with E-state index in [0.29, 0.717) is 4.90 Å². The van der Waals surface area contributed by atoms with Crippen LogP contribution in [0.4, 0.5) is 0 Å². The highest BCUT2D eigenvalue weighted by atomic mass is 32.2. The Kier molecular flexibility index (Phi) is 5.21. The molecule has 1 saturated heterocycles. The van der Waals surface area contributed by atoms with Crippen LogP contribution in [0.3, 0.4) is 0 Å². The van der Waals surface area contributed by atoms with E-state index in [1.54, 1.807) is 12.1 Å². The SMILES string of the molecule is Cc1ccc(S(=O)(=O)N[C@H]2CCC=CC[C@@]23CC2(CCCCC2)CO3)cc1. The van der Waals surface area contributed by atoms with Gasteiger partial charge in [0.1, 0.15) is 0 Å². The maximum atomic E-state index is 13.0. The Hall–Kier alpha value is -1.17. The zero-order chi connectivity index (χ0) is 19.0. The van der Waals surface area contributed by atoms with Crippen LogP contribution in [-0.2, 0) is 14.8 Å². The summed E-state index contributed by atoms with van der Waals surface area (Å²) >= 11 is 0. The Morgan fingerprint density at radius 3 is 2.56 bits per heavy atom. The van der Waals surface area contributed by atoms with E-state index in [1.807, 2.05) is 19.1 Å². The molecule has 5 heteroatoms. The minimum atomic E-state index is -3.56. The Bertz CT molecular complexity index is 793. The third-order valence-corrected chi connectivity index (χ3v) is 8.26. The van der Waals surface area contributed by atoms with Gasteiger partial charge in [0.2, 0.25) is 10.0 Å². The topological polar surface area (TPSA) is 55.4 Å². The molecule has 2 fully saturated rings. The summed E-state index contributed by atoms with van der Waals surface area (Å²) in [5.41, 5.74) is 0.911. The minimum absolute atomic E-state index is 0.180. The largest absolute Gasteiger partial charge is 0.372 e. The molecule has 4 nitrogen and oxygen atoms in total. The summed E-state index contributed by atoms with van der Waals surface area (Å²) < 4.78 is 35.6. The molecule has 0 bridgehead atoms. The first kappa shape index (κ1) is 19.2. The predicted octanol–water partition coefficient (Wildman–Crippen LogP) is 4.49. The molecule has 0 aromatic heterocycles. The summed E-state index contributed by atoms with van der Waals surface area (Å²) in [4.78, 5) is 0.339. The van der Waals surface area contributed by atoms with Crippen LogP contribution in [0.5, 0.6) is 0 Å². The van der Waals surface area contributed by atoms with E-state index in [4.69, 9.17) is 4.74 Å². The highest BCUT2D eigenvalue weighted by Crippen LogP contribution is 2.52. The van der Waals surface area contributed by atoms with E-state index in [1.165, 1.54) is 32.1 Å². The van der Waals surface area contributed by atoms with Crippen LogP contribution in [0.1, 0.15) is 63.4 Å². The van der Waals surface area contributed by atoms with Crippen molar-refractivity contribution in [3.63, 3.8) is 0 Å². The number of rotatable bonds is 3. The summed E-state index contributed by atoms with van der Waals surface area (Å²) in [5, 5.41) is 0. The number of nitrogens with one attached hydrogen (secondary N) is 1. The fourth-order valence-electron chi connectivity index (χ4n) is 5.22. The van der Waals surface area contributed by atoms with Crippen molar-refractivity contribution in [1.29, 1.82) is 0 Å². The Balaban J connectivity index is 1.59. The van der Waals surface area contributed by atoms with E-state index >= 15 is 0 Å². The Morgan fingerprint density at radius 2 is 1.81 bits per heavy atom. The number of ether oxygens (including phenoxy) is 1. The molecule has 2 aliphatic carbocycles. The average Bonchev–Trinajstić information content (AvgIpc) is 2.89. The van der Waals surface area contributed by atoms with Gasteiger partial charge < -0.3 is 4.74 Å². The van der Waals surface area contributed by atoms with Crippen molar-refractivity contribution in [3.8, 4) is 0 Å². The number of sulfonamides is 1. The van der Waals surface area contributed by atoms with E-state index in [2.05, 4.69) is 16.9 Å². The van der Waals surface area contributed by atoms with Crippen LogP contribution < -0.4 is 4.72 Å². The molecule has 1 saturated carbocycles. The van der Waals surface area contributed by atoms with Gasteiger partial charge in [-0.05, 0) is 63.0 Å². The summed E-state index contributed by atoms with van der Waals surface area (Å²) in [6.07, 6.45) is 14.1. The molecule has 2 atom stereocenters. The van der Waals surface area contributed by atoms with Crippen molar-refractivity contribution >= 4 is 10.0 Å². The van der Waals surface area contributed by atoms with Crippen molar-refractivity contribution in [3.05, 3.63) is 42.0 Å². The van der Waals surface area contributed by atoms with Gasteiger partial charge in [0, 0.05) is 0 Å². The van der Waals surface area contributed by atoms with Crippen molar-refractivity contribution in [2.75, 3.05) is 6.61 Å². The number of benzene rings is 1. The Labute approximate surface area is 163 Å². The molecule has 2 spiro atoms. The summed E-state index contributed by atoms with van der Waals surface area (Å²) in [6.45, 7) is 2.75. The quantitative estimate of drug-likeness (QED) is 0.775. The van der Waals surface area contributed by atoms with Gasteiger partial charge in [0.15, 0.2) is 0 Å². The second-order valence-corrected chi connectivity index (χ2v) is 10.5. The van der Waals surface area contributed by atoms with Crippen LogP contribution in [0, 0.1) is 12.3 Å². The van der Waals surface area contributed by atoms with Crippen LogP contribution in [0.25, 0.3) is 0 Å². The van der Waals surface area contributed by atoms with Crippen LogP contribution in [-0.4, -0.2) is 26.7 Å². The average molecular weight is 390 g/mol. The summed E-state index contributed by atoms with van der Waals surface area (Å²) in [7, 11) is -3.56. The van der Waals surface area contributed by atoms with Gasteiger partial charge in [-0.25, -0.2) is 13.1 Å². The molecule has 0 radical (unpaired) electrons. The molecule has 1 aromatic carbocycles. The highest BCUT2D eigenvalue weighted by molar-refractivity contribution is 7.89. The number of hydrogen-bond acceptors (Lipinski definition) is 3. The molecule has 1 N–H and O–H groups in total. The molecular weight excluding hydrogens is 358 g/mol. The predicted molar refractivity (Wildman–Crippen MR) is 107 cm³/mol. The monoisotopic (exact) mass is 389 g/mol. The lowest BCUT2D eigenvalue weighted by Gasteiger charge is -2.38. The summed E-state index contributed by atoms with van der Waals surface area (Å²) in [5.74, 6) is 0. The van der Waals surface area contributed by atoms with E-state index < -0.39 is 15.6 Å². The van der Waals surface area contributed by atoms with Gasteiger partial charge in [-0.1, -0.05) is 49.1 Å². The molecule has 1 heterocycles. The van der Waals surface area contributed by atoms with Crippen LogP contribution >= 0.6 is 0 Å². The fourth-order valence-corrected chi connectivity index (χ4v) is 6.56. The standard InChI is InChI=1S/C22H31NO3S/c1-18-9-11-19(12-10-18)27(24,25)23-20-8-4-2-7-15-22(20)16-21(17-26-22)13-5-3-6-14-21/h2,7,9-12,20,23H,3-6,8,13-17H2,1H3/t20-,22+/m0/s1. The van der Waals surface area contributed by atoms with Crippen molar-refractivity contribution in [2.45, 2.75) is 81.2 Å². The lowest BCUT2D eigenvalue weighted by atomic mass is 9.68. The minimum Gasteiger partial charge on any atom is -0.372 e. The number of hydrogen-bond donors (Lipinski definition) is 1. The second kappa shape index (κ2) is 7.34. The van der Waals surface area contributed by atoms with Gasteiger partial charge in [-0.2, -0.15) is 0 Å². The van der Waals surface area contributed by atoms with Gasteiger partial charge in [-0.15, -0.1) is 0 Å². The number of allylic oxidation sites excluding steroid dienone is 1. The van der Waals surface area contributed by atoms with Crippen LogP contribution in [0.15, 0.2) is 41.3 Å². The van der Waals surface area contributed by atoms with Crippen molar-refractivity contribution < 1.29 is 13.2 Å². The number of aryl methyl sites for hydroxylation is 1. The second-order valence-electron chi connectivity index (χ2n) is 8.83. The normalized spacial score (nSPS) is 30.6. The first-order chi connectivity index (χ1) is 12.9. The molecule has 1 aliphatic heterocycles. The first-order valence-corrected chi connectivity index (χ1v) is 11.8. The third kappa shape index (κ3) is 3.87. The molecule has 4 rings (SSSR count). The van der Waals surface area contributed by atoms with Gasteiger partial charge in [0.25, 0.3) is 0 Å². The molecule has 27 heavy (non-hydrogen) atoms. The zero-order valence-corrected chi connectivity index (χ0v) is 17.1. The maximum Gasteiger partial charge on any atom is 0.240 e. The molecule has 1 aromatic rings. The van der Waals surface area contributed by atoms with Crippen molar-refractivity contribution in [2.24, 2.45) is 5.41 Å². The molecule has 148 valence electrons. The molecule has 0 amide bonds. The highest BCUT2D eigenvalue weighted by Gasteiger charge is 2.53. The van der Waals surface area contributed by atoms with E-state index in [9.17, 15) is 8.42 Å². The lowest BCUT2D eigenvalue weighted by molar-refractivity contribution is -0.0216. The lowest BCUT2D eigenvalue weighted by Crippen LogP contribution is -2.52. The van der Waals surface area contributed by atoms with Gasteiger partial charge in [-0.3, -0.25) is 0 Å². The molecular formula is C22H31NO3S. The van der Waals surface area contributed by atoms with Gasteiger partial charge in [0.05, 0.1) is 23.1 Å². The Morgan fingerprint density at radius 1 is 1.07 bits per heavy atom. The summed E-state index contributed by atoms with van der Waals surface area (Å²) in [6, 6.07) is 6.90. The fraction of sp³-hybridized carbons (Fsp3) is 0.636. The van der Waals surface area contributed by atoms with E-state index in [-0.39, 0.29) is 11.5 Å². The zero-order valence-electron chi connectivity index (χ0n) is 16.2. The first-order valence-electron chi connectivity index (χ1n) is 10.3. The van der Waals surface area contributed by atoms with Crippen LogP contribution in [0.2, 0.25) is 0 Å². The van der Waals surface area contributed by atoms with Gasteiger partial charge >= 0.3 is 0 Å². The molecule has 0 unspecified atom stereocenters.